The standard InChI is InChI=1S/C23H30O6/c1-13(2)14(3)21(15-8-17(24-4)22(27-7)18(9-15)25-5)16-10-19(26-6)23-20(11-16)28-12-29-23/h8-11,13-14,21H,12H2,1-7H3. The molecule has 6 heteroatoms. The van der Waals surface area contributed by atoms with Gasteiger partial charge in [0.05, 0.1) is 28.4 Å². The van der Waals surface area contributed by atoms with Crippen LogP contribution in [0.3, 0.4) is 0 Å². The molecule has 0 radical (unpaired) electrons. The van der Waals surface area contributed by atoms with E-state index in [0.717, 1.165) is 11.1 Å². The van der Waals surface area contributed by atoms with Crippen molar-refractivity contribution < 1.29 is 28.4 Å². The van der Waals surface area contributed by atoms with Crippen LogP contribution in [-0.2, 0) is 0 Å². The zero-order chi connectivity index (χ0) is 21.1. The first-order valence-corrected chi connectivity index (χ1v) is 9.72. The Morgan fingerprint density at radius 2 is 1.28 bits per heavy atom. The second-order valence-corrected chi connectivity index (χ2v) is 7.50. The van der Waals surface area contributed by atoms with Crippen LogP contribution in [0.15, 0.2) is 24.3 Å². The maximum Gasteiger partial charge on any atom is 0.231 e. The lowest BCUT2D eigenvalue weighted by Crippen LogP contribution is -2.17. The Hall–Kier alpha value is -2.76. The third kappa shape index (κ3) is 3.88. The Kier molecular flexibility index (Phi) is 6.30. The Labute approximate surface area is 172 Å². The highest BCUT2D eigenvalue weighted by Gasteiger charge is 2.30. The third-order valence-electron chi connectivity index (χ3n) is 5.66. The molecule has 1 heterocycles. The third-order valence-corrected chi connectivity index (χ3v) is 5.66. The van der Waals surface area contributed by atoms with Crippen LogP contribution in [0, 0.1) is 11.8 Å². The van der Waals surface area contributed by atoms with Gasteiger partial charge in [0, 0.05) is 5.92 Å². The number of hydrogen-bond donors (Lipinski definition) is 0. The zero-order valence-corrected chi connectivity index (χ0v) is 18.2. The number of hydrogen-bond acceptors (Lipinski definition) is 6. The highest BCUT2D eigenvalue weighted by atomic mass is 16.7. The van der Waals surface area contributed by atoms with Crippen molar-refractivity contribution in [3.63, 3.8) is 0 Å². The minimum Gasteiger partial charge on any atom is -0.493 e. The van der Waals surface area contributed by atoms with Gasteiger partial charge in [0.15, 0.2) is 23.0 Å². The second kappa shape index (κ2) is 8.72. The van der Waals surface area contributed by atoms with Crippen LogP contribution in [0.25, 0.3) is 0 Å². The number of methoxy groups -OCH3 is 4. The molecule has 2 unspecified atom stereocenters. The highest BCUT2D eigenvalue weighted by Crippen LogP contribution is 2.48. The molecule has 158 valence electrons. The lowest BCUT2D eigenvalue weighted by molar-refractivity contribution is 0.171. The molecule has 2 aromatic rings. The summed E-state index contributed by atoms with van der Waals surface area (Å²) in [5.41, 5.74) is 2.16. The molecule has 0 aromatic heterocycles. The molecule has 2 aromatic carbocycles. The summed E-state index contributed by atoms with van der Waals surface area (Å²) in [6.45, 7) is 6.89. The van der Waals surface area contributed by atoms with Crippen molar-refractivity contribution in [2.45, 2.75) is 26.7 Å². The fourth-order valence-corrected chi connectivity index (χ4v) is 3.79. The topological polar surface area (TPSA) is 55.4 Å². The molecule has 0 N–H and O–H groups in total. The van der Waals surface area contributed by atoms with Crippen molar-refractivity contribution in [3.8, 4) is 34.5 Å². The quantitative estimate of drug-likeness (QED) is 0.628. The second-order valence-electron chi connectivity index (χ2n) is 7.50. The van der Waals surface area contributed by atoms with Crippen molar-refractivity contribution in [2.24, 2.45) is 11.8 Å². The van der Waals surface area contributed by atoms with Gasteiger partial charge in [-0.05, 0) is 47.2 Å². The van der Waals surface area contributed by atoms with E-state index in [4.69, 9.17) is 28.4 Å². The summed E-state index contributed by atoms with van der Waals surface area (Å²) in [7, 11) is 6.51. The maximum absolute atomic E-state index is 5.66. The molecule has 0 amide bonds. The first kappa shape index (κ1) is 21.0. The van der Waals surface area contributed by atoms with E-state index >= 15 is 0 Å². The average Bonchev–Trinajstić information content (AvgIpc) is 3.21. The van der Waals surface area contributed by atoms with Gasteiger partial charge in [-0.3, -0.25) is 0 Å². The van der Waals surface area contributed by atoms with Crippen LogP contribution in [-0.4, -0.2) is 35.2 Å². The van der Waals surface area contributed by atoms with Gasteiger partial charge in [-0.2, -0.15) is 0 Å². The molecule has 0 fully saturated rings. The van der Waals surface area contributed by atoms with Crippen LogP contribution in [0.2, 0.25) is 0 Å². The normalized spacial score (nSPS) is 14.5. The van der Waals surface area contributed by atoms with E-state index < -0.39 is 0 Å². The summed E-state index contributed by atoms with van der Waals surface area (Å²) in [4.78, 5) is 0. The van der Waals surface area contributed by atoms with E-state index in [1.165, 1.54) is 0 Å². The Morgan fingerprint density at radius 1 is 0.724 bits per heavy atom. The van der Waals surface area contributed by atoms with E-state index in [0.29, 0.717) is 46.3 Å². The average molecular weight is 402 g/mol. The first-order valence-electron chi connectivity index (χ1n) is 9.72. The van der Waals surface area contributed by atoms with Crippen molar-refractivity contribution >= 4 is 0 Å². The maximum atomic E-state index is 5.66. The van der Waals surface area contributed by atoms with Crippen molar-refractivity contribution in [3.05, 3.63) is 35.4 Å². The van der Waals surface area contributed by atoms with Gasteiger partial charge < -0.3 is 28.4 Å². The minimum atomic E-state index is 0.0621. The van der Waals surface area contributed by atoms with E-state index in [2.05, 4.69) is 20.8 Å². The van der Waals surface area contributed by atoms with Crippen LogP contribution in [0.5, 0.6) is 34.5 Å². The van der Waals surface area contributed by atoms with E-state index in [1.54, 1.807) is 28.4 Å². The van der Waals surface area contributed by atoms with Crippen LogP contribution >= 0.6 is 0 Å². The highest BCUT2D eigenvalue weighted by molar-refractivity contribution is 5.59. The molecule has 0 aliphatic carbocycles. The molecule has 1 aliphatic heterocycles. The van der Waals surface area contributed by atoms with Crippen molar-refractivity contribution in [2.75, 3.05) is 35.2 Å². The Balaban J connectivity index is 2.20. The van der Waals surface area contributed by atoms with Gasteiger partial charge in [-0.25, -0.2) is 0 Å². The molecule has 0 spiro atoms. The van der Waals surface area contributed by atoms with Crippen molar-refractivity contribution in [1.82, 2.24) is 0 Å². The van der Waals surface area contributed by atoms with Gasteiger partial charge in [0.25, 0.3) is 0 Å². The SMILES string of the molecule is COc1cc(C(c2cc(OC)c3c(c2)OCO3)C(C)C(C)C)cc(OC)c1OC. The number of ether oxygens (including phenoxy) is 6. The van der Waals surface area contributed by atoms with E-state index in [1.807, 2.05) is 24.3 Å². The predicted octanol–water partition coefficient (Wildman–Crippen LogP) is 4.87. The summed E-state index contributed by atoms with van der Waals surface area (Å²) in [6.07, 6.45) is 0. The molecular weight excluding hydrogens is 372 g/mol. The predicted molar refractivity (Wildman–Crippen MR) is 111 cm³/mol. The fraction of sp³-hybridized carbons (Fsp3) is 0.478. The summed E-state index contributed by atoms with van der Waals surface area (Å²) in [5, 5.41) is 0. The molecule has 29 heavy (non-hydrogen) atoms. The lowest BCUT2D eigenvalue weighted by atomic mass is 9.76. The molecule has 0 saturated heterocycles. The number of rotatable bonds is 8. The van der Waals surface area contributed by atoms with Gasteiger partial charge in [-0.15, -0.1) is 0 Å². The molecule has 1 aliphatic rings. The molecular formula is C23H30O6. The van der Waals surface area contributed by atoms with Gasteiger partial charge in [-0.1, -0.05) is 20.8 Å². The molecule has 0 saturated carbocycles. The smallest absolute Gasteiger partial charge is 0.231 e. The van der Waals surface area contributed by atoms with E-state index in [9.17, 15) is 0 Å². The summed E-state index contributed by atoms with van der Waals surface area (Å²) in [6, 6.07) is 8.10. The summed E-state index contributed by atoms with van der Waals surface area (Å²) in [5.74, 6) is 4.70. The monoisotopic (exact) mass is 402 g/mol. The number of benzene rings is 2. The molecule has 6 nitrogen and oxygen atoms in total. The molecule has 2 atom stereocenters. The summed E-state index contributed by atoms with van der Waals surface area (Å²) < 4.78 is 33.5. The Morgan fingerprint density at radius 3 is 1.79 bits per heavy atom. The summed E-state index contributed by atoms with van der Waals surface area (Å²) >= 11 is 0. The first-order chi connectivity index (χ1) is 13.9. The molecule has 3 rings (SSSR count). The minimum absolute atomic E-state index is 0.0621. The van der Waals surface area contributed by atoms with Crippen molar-refractivity contribution in [1.29, 1.82) is 0 Å². The van der Waals surface area contributed by atoms with E-state index in [-0.39, 0.29) is 12.7 Å². The zero-order valence-electron chi connectivity index (χ0n) is 18.2. The number of fused-ring (bicyclic) bond motifs is 1. The van der Waals surface area contributed by atoms with Crippen LogP contribution in [0.4, 0.5) is 0 Å². The fourth-order valence-electron chi connectivity index (χ4n) is 3.79. The molecule has 0 bridgehead atoms. The van der Waals surface area contributed by atoms with Crippen LogP contribution < -0.4 is 28.4 Å². The van der Waals surface area contributed by atoms with Crippen LogP contribution in [0.1, 0.15) is 37.8 Å². The Bertz CT molecular complexity index is 836. The largest absolute Gasteiger partial charge is 0.493 e. The van der Waals surface area contributed by atoms with Gasteiger partial charge in [0.2, 0.25) is 18.3 Å². The lowest BCUT2D eigenvalue weighted by Gasteiger charge is -2.29. The van der Waals surface area contributed by atoms with Gasteiger partial charge >= 0.3 is 0 Å². The van der Waals surface area contributed by atoms with Gasteiger partial charge in [0.1, 0.15) is 0 Å².